The average molecular weight is 234 g/mol. The summed E-state index contributed by atoms with van der Waals surface area (Å²) in [6.45, 7) is 0. The molecule has 0 bridgehead atoms. The molecule has 5 heteroatoms. The maximum Gasteiger partial charge on any atom is 0.321 e. The zero-order valence-corrected chi connectivity index (χ0v) is 9.20. The molecule has 0 aliphatic carbocycles. The number of hydrogen-bond donors (Lipinski definition) is 2. The van der Waals surface area contributed by atoms with Crippen LogP contribution >= 0.6 is 11.8 Å². The predicted octanol–water partition coefficient (Wildman–Crippen LogP) is 1.35. The van der Waals surface area contributed by atoms with E-state index in [-0.39, 0.29) is 5.37 Å². The van der Waals surface area contributed by atoms with E-state index in [0.29, 0.717) is 11.3 Å². The fourth-order valence-electron chi connectivity index (χ4n) is 1.54. The predicted molar refractivity (Wildman–Crippen MR) is 60.9 cm³/mol. The number of benzene rings is 1. The van der Waals surface area contributed by atoms with E-state index in [0.717, 1.165) is 5.56 Å². The van der Waals surface area contributed by atoms with Crippen molar-refractivity contribution in [3.8, 4) is 6.07 Å². The average Bonchev–Trinajstić information content (AvgIpc) is 2.78. The lowest BCUT2D eigenvalue weighted by Gasteiger charge is -2.10. The first-order chi connectivity index (χ1) is 7.70. The highest BCUT2D eigenvalue weighted by Gasteiger charge is 2.30. The largest absolute Gasteiger partial charge is 0.480 e. The van der Waals surface area contributed by atoms with Gasteiger partial charge in [-0.15, -0.1) is 11.8 Å². The van der Waals surface area contributed by atoms with Gasteiger partial charge >= 0.3 is 5.97 Å². The Morgan fingerprint density at radius 1 is 1.50 bits per heavy atom. The Balaban J connectivity index is 2.09. The normalized spacial score (nSPS) is 23.9. The van der Waals surface area contributed by atoms with Gasteiger partial charge in [0.25, 0.3) is 0 Å². The van der Waals surface area contributed by atoms with E-state index in [1.54, 1.807) is 23.9 Å². The van der Waals surface area contributed by atoms with Crippen molar-refractivity contribution >= 4 is 17.7 Å². The smallest absolute Gasteiger partial charge is 0.321 e. The summed E-state index contributed by atoms with van der Waals surface area (Å²) >= 11 is 1.57. The van der Waals surface area contributed by atoms with Crippen LogP contribution < -0.4 is 5.32 Å². The van der Waals surface area contributed by atoms with Crippen LogP contribution in [0.2, 0.25) is 0 Å². The van der Waals surface area contributed by atoms with Crippen LogP contribution in [0.3, 0.4) is 0 Å². The fraction of sp³-hybridized carbons (Fsp3) is 0.273. The standard InChI is InChI=1S/C11H10N2O2S/c12-5-7-1-3-8(4-2-7)10-13-9(6-16-10)11(14)15/h1-4,9-10,13H,6H2,(H,14,15)/t9-,10+/m1/s1. The third kappa shape index (κ3) is 2.18. The first kappa shape index (κ1) is 11.0. The van der Waals surface area contributed by atoms with Crippen molar-refractivity contribution in [1.29, 1.82) is 5.26 Å². The van der Waals surface area contributed by atoms with Crippen LogP contribution in [-0.2, 0) is 4.79 Å². The highest BCUT2D eigenvalue weighted by Crippen LogP contribution is 2.32. The number of aliphatic carboxylic acids is 1. The van der Waals surface area contributed by atoms with E-state index < -0.39 is 12.0 Å². The van der Waals surface area contributed by atoms with E-state index in [1.165, 1.54) is 0 Å². The van der Waals surface area contributed by atoms with Crippen molar-refractivity contribution in [2.75, 3.05) is 5.75 Å². The van der Waals surface area contributed by atoms with Crippen molar-refractivity contribution in [3.05, 3.63) is 35.4 Å². The van der Waals surface area contributed by atoms with Crippen LogP contribution in [0, 0.1) is 11.3 Å². The monoisotopic (exact) mass is 234 g/mol. The van der Waals surface area contributed by atoms with E-state index in [1.807, 2.05) is 12.1 Å². The molecule has 1 aromatic rings. The van der Waals surface area contributed by atoms with Crippen molar-refractivity contribution in [2.45, 2.75) is 11.4 Å². The molecule has 1 aliphatic rings. The fourth-order valence-corrected chi connectivity index (χ4v) is 2.77. The second kappa shape index (κ2) is 4.56. The van der Waals surface area contributed by atoms with Gasteiger partial charge in [-0.2, -0.15) is 5.26 Å². The van der Waals surface area contributed by atoms with Gasteiger partial charge in [0, 0.05) is 5.75 Å². The first-order valence-corrected chi connectivity index (χ1v) is 5.86. The van der Waals surface area contributed by atoms with Crippen molar-refractivity contribution < 1.29 is 9.90 Å². The lowest BCUT2D eigenvalue weighted by atomic mass is 10.1. The van der Waals surface area contributed by atoms with Gasteiger partial charge in [-0.25, -0.2) is 0 Å². The Hall–Kier alpha value is -1.51. The van der Waals surface area contributed by atoms with Gasteiger partial charge in [0.05, 0.1) is 17.0 Å². The SMILES string of the molecule is N#Cc1ccc([C@H]2N[C@@H](C(=O)O)CS2)cc1. The molecule has 0 spiro atoms. The van der Waals surface area contributed by atoms with E-state index in [4.69, 9.17) is 10.4 Å². The van der Waals surface area contributed by atoms with Gasteiger partial charge in [0.2, 0.25) is 0 Å². The highest BCUT2D eigenvalue weighted by molar-refractivity contribution is 7.99. The van der Waals surface area contributed by atoms with Crippen LogP contribution in [0.5, 0.6) is 0 Å². The zero-order chi connectivity index (χ0) is 11.5. The third-order valence-corrected chi connectivity index (χ3v) is 3.69. The number of carboxylic acid groups (broad SMARTS) is 1. The molecular weight excluding hydrogens is 224 g/mol. The Kier molecular flexibility index (Phi) is 3.13. The molecule has 2 atom stereocenters. The third-order valence-electron chi connectivity index (χ3n) is 2.42. The molecule has 1 heterocycles. The van der Waals surface area contributed by atoms with Crippen LogP contribution in [0.4, 0.5) is 0 Å². The quantitative estimate of drug-likeness (QED) is 0.808. The molecule has 0 unspecified atom stereocenters. The minimum absolute atomic E-state index is 0.00819. The van der Waals surface area contributed by atoms with Crippen molar-refractivity contribution in [1.82, 2.24) is 5.32 Å². The number of nitrogens with one attached hydrogen (secondary N) is 1. The number of carbonyl (C=O) groups is 1. The van der Waals surface area contributed by atoms with Gasteiger partial charge in [-0.3, -0.25) is 10.1 Å². The molecule has 0 radical (unpaired) electrons. The summed E-state index contributed by atoms with van der Waals surface area (Å²) in [6, 6.07) is 8.76. The Bertz CT molecular complexity index is 438. The molecule has 2 N–H and O–H groups in total. The highest BCUT2D eigenvalue weighted by atomic mass is 32.2. The summed E-state index contributed by atoms with van der Waals surface area (Å²) in [5, 5.41) is 20.5. The van der Waals surface area contributed by atoms with E-state index in [2.05, 4.69) is 11.4 Å². The molecule has 16 heavy (non-hydrogen) atoms. The van der Waals surface area contributed by atoms with Crippen LogP contribution in [0.15, 0.2) is 24.3 Å². The van der Waals surface area contributed by atoms with Gasteiger partial charge in [0.1, 0.15) is 6.04 Å². The first-order valence-electron chi connectivity index (χ1n) is 4.81. The maximum atomic E-state index is 10.8. The lowest BCUT2D eigenvalue weighted by molar-refractivity contribution is -0.138. The van der Waals surface area contributed by atoms with Crippen LogP contribution in [-0.4, -0.2) is 22.9 Å². The van der Waals surface area contributed by atoms with Crippen LogP contribution in [0.25, 0.3) is 0 Å². The molecular formula is C11H10N2O2S. The van der Waals surface area contributed by atoms with Gasteiger partial charge in [-0.1, -0.05) is 12.1 Å². The number of rotatable bonds is 2. The van der Waals surface area contributed by atoms with E-state index >= 15 is 0 Å². The topological polar surface area (TPSA) is 73.1 Å². The van der Waals surface area contributed by atoms with Gasteiger partial charge < -0.3 is 5.11 Å². The molecule has 2 rings (SSSR count). The Morgan fingerprint density at radius 3 is 2.69 bits per heavy atom. The number of thioether (sulfide) groups is 1. The zero-order valence-electron chi connectivity index (χ0n) is 8.38. The Labute approximate surface area is 97.3 Å². The Morgan fingerprint density at radius 2 is 2.19 bits per heavy atom. The number of hydrogen-bond acceptors (Lipinski definition) is 4. The summed E-state index contributed by atoms with van der Waals surface area (Å²) in [6.07, 6.45) is 0. The molecule has 0 aromatic heterocycles. The van der Waals surface area contributed by atoms with Gasteiger partial charge in [-0.05, 0) is 17.7 Å². The summed E-state index contributed by atoms with van der Waals surface area (Å²) in [7, 11) is 0. The van der Waals surface area contributed by atoms with E-state index in [9.17, 15) is 4.79 Å². The number of carboxylic acids is 1. The maximum absolute atomic E-state index is 10.8. The second-order valence-corrected chi connectivity index (χ2v) is 4.64. The van der Waals surface area contributed by atoms with Gasteiger partial charge in [0.15, 0.2) is 0 Å². The van der Waals surface area contributed by atoms with Crippen molar-refractivity contribution in [2.24, 2.45) is 0 Å². The lowest BCUT2D eigenvalue weighted by Crippen LogP contribution is -2.33. The summed E-state index contributed by atoms with van der Waals surface area (Å²) in [5.41, 5.74) is 1.62. The molecule has 1 fully saturated rings. The second-order valence-electron chi connectivity index (χ2n) is 3.50. The number of nitrogens with zero attached hydrogens (tertiary/aromatic N) is 1. The molecule has 1 aliphatic heterocycles. The molecule has 1 saturated heterocycles. The van der Waals surface area contributed by atoms with Crippen molar-refractivity contribution in [3.63, 3.8) is 0 Å². The van der Waals surface area contributed by atoms with Crippen LogP contribution in [0.1, 0.15) is 16.5 Å². The summed E-state index contributed by atoms with van der Waals surface area (Å²) in [5.74, 6) is -0.247. The summed E-state index contributed by atoms with van der Waals surface area (Å²) < 4.78 is 0. The minimum atomic E-state index is -0.816. The number of nitriles is 1. The molecule has 0 amide bonds. The molecule has 0 saturated carbocycles. The molecule has 4 nitrogen and oxygen atoms in total. The minimum Gasteiger partial charge on any atom is -0.480 e. The molecule has 82 valence electrons. The molecule has 1 aromatic carbocycles. The summed E-state index contributed by atoms with van der Waals surface area (Å²) in [4.78, 5) is 10.8.